The van der Waals surface area contributed by atoms with Crippen LogP contribution in [0.5, 0.6) is 11.5 Å². The molecule has 1 aliphatic rings. The van der Waals surface area contributed by atoms with Gasteiger partial charge in [0.2, 0.25) is 5.91 Å². The number of aryl methyl sites for hydroxylation is 1. The number of rotatable bonds is 8. The van der Waals surface area contributed by atoms with Crippen molar-refractivity contribution in [2.75, 3.05) is 27.3 Å². The summed E-state index contributed by atoms with van der Waals surface area (Å²) in [6.45, 7) is 1.57. The summed E-state index contributed by atoms with van der Waals surface area (Å²) in [4.78, 5) is 48.0. The number of fused-ring (bicyclic) bond motifs is 1. The molecule has 3 aromatic rings. The number of nitrogens with one attached hydrogen (secondary N) is 1. The van der Waals surface area contributed by atoms with Gasteiger partial charge in [-0.05, 0) is 37.5 Å². The zero-order valence-corrected chi connectivity index (χ0v) is 19.9. The van der Waals surface area contributed by atoms with Gasteiger partial charge in [0, 0.05) is 56.1 Å². The molecule has 0 bridgehead atoms. The third kappa shape index (κ3) is 5.59. The highest BCUT2D eigenvalue weighted by atomic mass is 16.5. The van der Waals surface area contributed by atoms with Crippen molar-refractivity contribution < 1.29 is 19.1 Å². The maximum absolute atomic E-state index is 12.9. The second-order valence-corrected chi connectivity index (χ2v) is 8.44. The number of benzene rings is 1. The number of nitrogens with zero attached hydrogens (tertiary/aromatic N) is 4. The lowest BCUT2D eigenvalue weighted by atomic mass is 10.0. The molecule has 1 aliphatic heterocycles. The van der Waals surface area contributed by atoms with Gasteiger partial charge in [0.25, 0.3) is 11.5 Å². The van der Waals surface area contributed by atoms with Gasteiger partial charge in [-0.25, -0.2) is 4.98 Å². The van der Waals surface area contributed by atoms with Crippen molar-refractivity contribution in [3.63, 3.8) is 0 Å². The van der Waals surface area contributed by atoms with Crippen molar-refractivity contribution in [2.45, 2.75) is 38.3 Å². The molecule has 1 fully saturated rings. The number of carbonyl (C=O) groups excluding carboxylic acids is 2. The van der Waals surface area contributed by atoms with Gasteiger partial charge in [-0.2, -0.15) is 0 Å². The minimum absolute atomic E-state index is 0.0114. The first-order chi connectivity index (χ1) is 17.0. The van der Waals surface area contributed by atoms with E-state index in [4.69, 9.17) is 9.47 Å². The number of hydrogen-bond donors (Lipinski definition) is 1. The first kappa shape index (κ1) is 24.2. The van der Waals surface area contributed by atoms with E-state index in [1.54, 1.807) is 36.7 Å². The molecule has 1 saturated heterocycles. The summed E-state index contributed by atoms with van der Waals surface area (Å²) >= 11 is 0. The van der Waals surface area contributed by atoms with Crippen LogP contribution in [-0.4, -0.2) is 64.6 Å². The first-order valence-corrected chi connectivity index (χ1v) is 11.6. The fraction of sp³-hybridized carbons (Fsp3) is 0.400. The van der Waals surface area contributed by atoms with Crippen molar-refractivity contribution in [3.05, 3.63) is 58.9 Å². The standard InChI is InChI=1S/C25H29N5O5/c1-34-21-14-19-20(15-22(21)35-2)27-16-30(25(19)33)11-3-4-23(31)28-18-7-12-29(13-8-18)24(32)17-5-9-26-10-6-17/h5-6,9-10,14-16,18H,3-4,7-8,11-13H2,1-2H3,(H,28,31). The lowest BCUT2D eigenvalue weighted by molar-refractivity contribution is -0.122. The van der Waals surface area contributed by atoms with E-state index < -0.39 is 0 Å². The fourth-order valence-corrected chi connectivity index (χ4v) is 4.26. The molecule has 0 atom stereocenters. The van der Waals surface area contributed by atoms with Gasteiger partial charge in [0.15, 0.2) is 11.5 Å². The summed E-state index contributed by atoms with van der Waals surface area (Å²) in [6.07, 6.45) is 6.93. The van der Waals surface area contributed by atoms with E-state index in [9.17, 15) is 14.4 Å². The van der Waals surface area contributed by atoms with E-state index in [-0.39, 0.29) is 23.4 Å². The Hall–Kier alpha value is -3.95. The minimum Gasteiger partial charge on any atom is -0.493 e. The molecule has 184 valence electrons. The van der Waals surface area contributed by atoms with Crippen molar-refractivity contribution in [2.24, 2.45) is 0 Å². The number of carbonyl (C=O) groups is 2. The Morgan fingerprint density at radius 2 is 1.77 bits per heavy atom. The van der Waals surface area contributed by atoms with Crippen LogP contribution in [-0.2, 0) is 11.3 Å². The number of piperidine rings is 1. The highest BCUT2D eigenvalue weighted by molar-refractivity contribution is 5.94. The van der Waals surface area contributed by atoms with Gasteiger partial charge in [-0.15, -0.1) is 0 Å². The number of likely N-dealkylation sites (tertiary alicyclic amines) is 1. The SMILES string of the molecule is COc1cc2ncn(CCCC(=O)NC3CCN(C(=O)c4ccncc4)CC3)c(=O)c2cc1OC. The van der Waals surface area contributed by atoms with E-state index in [1.807, 2.05) is 4.90 Å². The smallest absolute Gasteiger partial charge is 0.261 e. The molecule has 0 saturated carbocycles. The van der Waals surface area contributed by atoms with Crippen LogP contribution in [0, 0.1) is 0 Å². The number of ether oxygens (including phenoxy) is 2. The van der Waals surface area contributed by atoms with Crippen molar-refractivity contribution in [3.8, 4) is 11.5 Å². The minimum atomic E-state index is -0.192. The highest BCUT2D eigenvalue weighted by Gasteiger charge is 2.24. The number of pyridine rings is 1. The van der Waals surface area contributed by atoms with Gasteiger partial charge in [0.05, 0.1) is 31.4 Å². The normalized spacial score (nSPS) is 14.1. The molecular weight excluding hydrogens is 450 g/mol. The van der Waals surface area contributed by atoms with Crippen molar-refractivity contribution in [1.29, 1.82) is 0 Å². The Morgan fingerprint density at radius 3 is 2.46 bits per heavy atom. The molecular formula is C25H29N5O5. The van der Waals surface area contributed by atoms with Gasteiger partial charge < -0.3 is 19.7 Å². The van der Waals surface area contributed by atoms with Gasteiger partial charge >= 0.3 is 0 Å². The van der Waals surface area contributed by atoms with Crippen LogP contribution in [0.15, 0.2) is 47.8 Å². The lowest BCUT2D eigenvalue weighted by Crippen LogP contribution is -2.46. The molecule has 35 heavy (non-hydrogen) atoms. The van der Waals surface area contributed by atoms with E-state index in [0.29, 0.717) is 73.3 Å². The maximum Gasteiger partial charge on any atom is 0.261 e. The Bertz CT molecular complexity index is 1250. The molecule has 10 nitrogen and oxygen atoms in total. The molecule has 1 N–H and O–H groups in total. The van der Waals surface area contributed by atoms with Crippen LogP contribution in [0.1, 0.15) is 36.0 Å². The van der Waals surface area contributed by atoms with Crippen LogP contribution in [0.2, 0.25) is 0 Å². The molecule has 1 aromatic carbocycles. The molecule has 0 radical (unpaired) electrons. The fourth-order valence-electron chi connectivity index (χ4n) is 4.26. The largest absolute Gasteiger partial charge is 0.493 e. The summed E-state index contributed by atoms with van der Waals surface area (Å²) < 4.78 is 12.1. The van der Waals surface area contributed by atoms with Crippen molar-refractivity contribution in [1.82, 2.24) is 24.8 Å². The predicted octanol–water partition coefficient (Wildman–Crippen LogP) is 2.01. The zero-order valence-electron chi connectivity index (χ0n) is 19.9. The molecule has 0 spiro atoms. The lowest BCUT2D eigenvalue weighted by Gasteiger charge is -2.32. The molecule has 2 aromatic heterocycles. The number of aromatic nitrogens is 3. The van der Waals surface area contributed by atoms with Crippen LogP contribution in [0.4, 0.5) is 0 Å². The first-order valence-electron chi connectivity index (χ1n) is 11.6. The third-order valence-electron chi connectivity index (χ3n) is 6.21. The van der Waals surface area contributed by atoms with Crippen LogP contribution < -0.4 is 20.3 Å². The zero-order chi connectivity index (χ0) is 24.8. The summed E-state index contributed by atoms with van der Waals surface area (Å²) in [7, 11) is 3.04. The second-order valence-electron chi connectivity index (χ2n) is 8.44. The van der Waals surface area contributed by atoms with E-state index >= 15 is 0 Å². The summed E-state index contributed by atoms with van der Waals surface area (Å²) in [5.74, 6) is 0.901. The molecule has 0 unspecified atom stereocenters. The monoisotopic (exact) mass is 479 g/mol. The van der Waals surface area contributed by atoms with Gasteiger partial charge in [-0.1, -0.05) is 0 Å². The Kier molecular flexibility index (Phi) is 7.59. The van der Waals surface area contributed by atoms with Crippen LogP contribution in [0.3, 0.4) is 0 Å². The highest BCUT2D eigenvalue weighted by Crippen LogP contribution is 2.29. The van der Waals surface area contributed by atoms with E-state index in [0.717, 1.165) is 0 Å². The Morgan fingerprint density at radius 1 is 1.09 bits per heavy atom. The summed E-state index contributed by atoms with van der Waals surface area (Å²) in [6, 6.07) is 6.75. The van der Waals surface area contributed by atoms with Gasteiger partial charge in [-0.3, -0.25) is 23.9 Å². The van der Waals surface area contributed by atoms with E-state index in [2.05, 4.69) is 15.3 Å². The Labute approximate surface area is 202 Å². The topological polar surface area (TPSA) is 116 Å². The number of amides is 2. The number of methoxy groups -OCH3 is 2. The molecule has 10 heteroatoms. The third-order valence-corrected chi connectivity index (χ3v) is 6.21. The molecule has 0 aliphatic carbocycles. The predicted molar refractivity (Wildman–Crippen MR) is 130 cm³/mol. The molecule has 4 rings (SSSR count). The Balaban J connectivity index is 1.26. The maximum atomic E-state index is 12.9. The summed E-state index contributed by atoms with van der Waals surface area (Å²) in [5.41, 5.74) is 0.955. The van der Waals surface area contributed by atoms with E-state index in [1.165, 1.54) is 25.1 Å². The molecule has 3 heterocycles. The number of hydrogen-bond acceptors (Lipinski definition) is 7. The quantitative estimate of drug-likeness (QED) is 0.525. The van der Waals surface area contributed by atoms with Gasteiger partial charge in [0.1, 0.15) is 0 Å². The average molecular weight is 480 g/mol. The van der Waals surface area contributed by atoms with Crippen LogP contribution in [0.25, 0.3) is 10.9 Å². The molecule has 2 amide bonds. The van der Waals surface area contributed by atoms with Crippen molar-refractivity contribution >= 4 is 22.7 Å². The van der Waals surface area contributed by atoms with Crippen LogP contribution >= 0.6 is 0 Å². The summed E-state index contributed by atoms with van der Waals surface area (Å²) in [5, 5.41) is 3.49. The average Bonchev–Trinajstić information content (AvgIpc) is 2.90. The second kappa shape index (κ2) is 11.0.